The van der Waals surface area contributed by atoms with Gasteiger partial charge in [-0.25, -0.2) is 0 Å². The topological polar surface area (TPSA) is 64.3 Å². The molecule has 0 aromatic carbocycles. The van der Waals surface area contributed by atoms with Gasteiger partial charge >= 0.3 is 5.97 Å². The number of nitrogens with zero attached hydrogens (tertiary/aromatic N) is 2. The quantitative estimate of drug-likeness (QED) is 0.686. The van der Waals surface area contributed by atoms with Crippen LogP contribution in [0.5, 0.6) is 0 Å². The maximum Gasteiger partial charge on any atom is 0.310 e. The second kappa shape index (κ2) is 4.43. The highest BCUT2D eigenvalue weighted by molar-refractivity contribution is 5.75. The third-order valence-electron chi connectivity index (χ3n) is 3.08. The van der Waals surface area contributed by atoms with Gasteiger partial charge in [-0.2, -0.15) is 5.26 Å². The predicted molar refractivity (Wildman–Crippen MR) is 51.6 cm³/mol. The molecule has 0 aromatic heterocycles. The summed E-state index contributed by atoms with van der Waals surface area (Å²) in [6.07, 6.45) is 2.26. The van der Waals surface area contributed by atoms with Gasteiger partial charge in [0.2, 0.25) is 0 Å². The van der Waals surface area contributed by atoms with Crippen molar-refractivity contribution < 1.29 is 9.90 Å². The van der Waals surface area contributed by atoms with Gasteiger partial charge < -0.3 is 5.11 Å². The summed E-state index contributed by atoms with van der Waals surface area (Å²) < 4.78 is 0. The molecule has 0 radical (unpaired) electrons. The van der Waals surface area contributed by atoms with Gasteiger partial charge in [0, 0.05) is 6.54 Å². The number of aliphatic carboxylic acids is 1. The van der Waals surface area contributed by atoms with E-state index in [9.17, 15) is 4.79 Å². The lowest BCUT2D eigenvalue weighted by molar-refractivity contribution is -0.152. The second-order valence-electron chi connectivity index (χ2n) is 3.91. The first-order valence-electron chi connectivity index (χ1n) is 4.97. The molecule has 0 saturated carbocycles. The summed E-state index contributed by atoms with van der Waals surface area (Å²) in [5, 5.41) is 17.7. The fourth-order valence-electron chi connectivity index (χ4n) is 2.08. The van der Waals surface area contributed by atoms with E-state index in [2.05, 4.69) is 6.07 Å². The Kier molecular flexibility index (Phi) is 3.48. The second-order valence-corrected chi connectivity index (χ2v) is 3.91. The molecule has 1 fully saturated rings. The predicted octanol–water partition coefficient (Wildman–Crippen LogP) is 1.09. The van der Waals surface area contributed by atoms with Crippen LogP contribution < -0.4 is 0 Å². The molecule has 78 valence electrons. The molecule has 1 atom stereocenters. The summed E-state index contributed by atoms with van der Waals surface area (Å²) in [6.45, 7) is 3.62. The first-order valence-corrected chi connectivity index (χ1v) is 4.97. The Balaban J connectivity index is 2.70. The molecule has 0 aliphatic carbocycles. The molecule has 1 rings (SSSR count). The minimum atomic E-state index is -0.720. The van der Waals surface area contributed by atoms with E-state index in [0.717, 1.165) is 19.4 Å². The third-order valence-corrected chi connectivity index (χ3v) is 3.08. The molecule has 1 saturated heterocycles. The fraction of sp³-hybridized carbons (Fsp3) is 0.800. The molecule has 1 unspecified atom stereocenters. The molecule has 0 aromatic rings. The molecule has 4 heteroatoms. The zero-order valence-corrected chi connectivity index (χ0v) is 8.49. The van der Waals surface area contributed by atoms with Gasteiger partial charge in [0.25, 0.3) is 0 Å². The van der Waals surface area contributed by atoms with Crippen molar-refractivity contribution in [1.29, 1.82) is 5.26 Å². The molecule has 0 spiro atoms. The molecular weight excluding hydrogens is 180 g/mol. The molecule has 1 N–H and O–H groups in total. The van der Waals surface area contributed by atoms with Crippen molar-refractivity contribution in [2.24, 2.45) is 5.41 Å². The van der Waals surface area contributed by atoms with E-state index in [0.29, 0.717) is 19.5 Å². The van der Waals surface area contributed by atoms with Crippen LogP contribution in [0.1, 0.15) is 26.2 Å². The minimum absolute atomic E-state index is 0.342. The Labute approximate surface area is 84.1 Å². The van der Waals surface area contributed by atoms with Gasteiger partial charge in [0.1, 0.15) is 0 Å². The summed E-state index contributed by atoms with van der Waals surface area (Å²) in [4.78, 5) is 13.1. The lowest BCUT2D eigenvalue weighted by Gasteiger charge is -2.38. The third kappa shape index (κ3) is 2.05. The zero-order valence-electron chi connectivity index (χ0n) is 8.49. The first-order chi connectivity index (χ1) is 6.64. The number of piperidine rings is 1. The van der Waals surface area contributed by atoms with Crippen LogP contribution in [0.25, 0.3) is 0 Å². The molecule has 0 amide bonds. The highest BCUT2D eigenvalue weighted by Gasteiger charge is 2.40. The molecule has 1 heterocycles. The largest absolute Gasteiger partial charge is 0.481 e. The summed E-state index contributed by atoms with van der Waals surface area (Å²) in [5.74, 6) is -0.720. The van der Waals surface area contributed by atoms with E-state index in [-0.39, 0.29) is 0 Å². The summed E-state index contributed by atoms with van der Waals surface area (Å²) in [5.41, 5.74) is -0.616. The van der Waals surface area contributed by atoms with Crippen molar-refractivity contribution in [3.8, 4) is 6.07 Å². The Hall–Kier alpha value is -1.08. The van der Waals surface area contributed by atoms with Crippen LogP contribution in [-0.4, -0.2) is 35.6 Å². The lowest BCUT2D eigenvalue weighted by Crippen LogP contribution is -2.47. The van der Waals surface area contributed by atoms with E-state index >= 15 is 0 Å². The number of nitriles is 1. The summed E-state index contributed by atoms with van der Waals surface area (Å²) in [7, 11) is 0. The number of carbonyl (C=O) groups is 1. The van der Waals surface area contributed by atoms with Crippen molar-refractivity contribution in [1.82, 2.24) is 4.90 Å². The van der Waals surface area contributed by atoms with E-state index in [1.54, 1.807) is 0 Å². The van der Waals surface area contributed by atoms with Gasteiger partial charge in [0.15, 0.2) is 0 Å². The fourth-order valence-corrected chi connectivity index (χ4v) is 2.08. The smallest absolute Gasteiger partial charge is 0.310 e. The maximum absolute atomic E-state index is 11.1. The van der Waals surface area contributed by atoms with Crippen molar-refractivity contribution >= 4 is 5.97 Å². The Morgan fingerprint density at radius 2 is 2.43 bits per heavy atom. The average Bonchev–Trinajstić information content (AvgIpc) is 2.18. The summed E-state index contributed by atoms with van der Waals surface area (Å²) in [6, 6.07) is 2.07. The minimum Gasteiger partial charge on any atom is -0.481 e. The first kappa shape index (κ1) is 11.0. The van der Waals surface area contributed by atoms with Crippen LogP contribution in [0.2, 0.25) is 0 Å². The van der Waals surface area contributed by atoms with Gasteiger partial charge in [-0.15, -0.1) is 0 Å². The van der Waals surface area contributed by atoms with Crippen LogP contribution in [0.15, 0.2) is 0 Å². The van der Waals surface area contributed by atoms with E-state index in [1.165, 1.54) is 0 Å². The van der Waals surface area contributed by atoms with Crippen LogP contribution in [0, 0.1) is 16.7 Å². The molecule has 14 heavy (non-hydrogen) atoms. The van der Waals surface area contributed by atoms with Crippen LogP contribution in [0.4, 0.5) is 0 Å². The van der Waals surface area contributed by atoms with Gasteiger partial charge in [-0.3, -0.25) is 9.69 Å². The number of carboxylic acids is 1. The molecule has 1 aliphatic heterocycles. The lowest BCUT2D eigenvalue weighted by atomic mass is 9.78. The van der Waals surface area contributed by atoms with Gasteiger partial charge in [0.05, 0.1) is 18.0 Å². The number of hydrogen-bond acceptors (Lipinski definition) is 3. The van der Waals surface area contributed by atoms with E-state index < -0.39 is 11.4 Å². The van der Waals surface area contributed by atoms with Crippen LogP contribution in [0.3, 0.4) is 0 Å². The van der Waals surface area contributed by atoms with Crippen molar-refractivity contribution in [2.45, 2.75) is 26.2 Å². The Morgan fingerprint density at radius 3 is 2.93 bits per heavy atom. The Bertz CT molecular complexity index is 259. The van der Waals surface area contributed by atoms with Gasteiger partial charge in [-0.1, -0.05) is 6.92 Å². The molecule has 1 aliphatic rings. The van der Waals surface area contributed by atoms with Crippen LogP contribution >= 0.6 is 0 Å². The van der Waals surface area contributed by atoms with Gasteiger partial charge in [-0.05, 0) is 25.8 Å². The number of rotatable bonds is 3. The van der Waals surface area contributed by atoms with Crippen molar-refractivity contribution in [2.75, 3.05) is 19.6 Å². The van der Waals surface area contributed by atoms with E-state index in [4.69, 9.17) is 10.4 Å². The maximum atomic E-state index is 11.1. The van der Waals surface area contributed by atoms with E-state index in [1.807, 2.05) is 11.8 Å². The average molecular weight is 196 g/mol. The SMILES string of the molecule is CCC1(C(=O)O)CCCN(CC#N)C1. The number of carboxylic acid groups (broad SMARTS) is 1. The Morgan fingerprint density at radius 1 is 1.71 bits per heavy atom. The van der Waals surface area contributed by atoms with Crippen molar-refractivity contribution in [3.05, 3.63) is 0 Å². The van der Waals surface area contributed by atoms with Crippen LogP contribution in [-0.2, 0) is 4.79 Å². The summed E-state index contributed by atoms with van der Waals surface area (Å²) >= 11 is 0. The monoisotopic (exact) mass is 196 g/mol. The highest BCUT2D eigenvalue weighted by atomic mass is 16.4. The highest BCUT2D eigenvalue weighted by Crippen LogP contribution is 2.33. The normalized spacial score (nSPS) is 28.3. The molecular formula is C10H16N2O2. The van der Waals surface area contributed by atoms with Crippen molar-refractivity contribution in [3.63, 3.8) is 0 Å². The molecule has 4 nitrogen and oxygen atoms in total. The zero-order chi connectivity index (χ0) is 10.6. The standard InChI is InChI=1S/C10H16N2O2/c1-2-10(9(13)14)4-3-6-12(8-10)7-5-11/h2-4,6-8H2,1H3,(H,13,14). The number of likely N-dealkylation sites (tertiary alicyclic amines) is 1. The molecule has 0 bridgehead atoms. The number of hydrogen-bond donors (Lipinski definition) is 1.